The summed E-state index contributed by atoms with van der Waals surface area (Å²) in [5, 5.41) is 0. The third kappa shape index (κ3) is 6.37. The fraction of sp³-hybridized carbons (Fsp3) is 0.389. The van der Waals surface area contributed by atoms with E-state index in [-0.39, 0.29) is 5.97 Å². The van der Waals surface area contributed by atoms with Gasteiger partial charge in [-0.2, -0.15) is 0 Å². The predicted octanol–water partition coefficient (Wildman–Crippen LogP) is 4.18. The molecule has 0 spiro atoms. The smallest absolute Gasteiger partial charge is 0.310 e. The van der Waals surface area contributed by atoms with E-state index >= 15 is 0 Å². The normalized spacial score (nSPS) is 13.9. The van der Waals surface area contributed by atoms with Gasteiger partial charge in [0.25, 0.3) is 0 Å². The van der Waals surface area contributed by atoms with Gasteiger partial charge in [-0.3, -0.25) is 4.79 Å². The molecule has 0 fully saturated rings. The van der Waals surface area contributed by atoms with Crippen LogP contribution >= 0.6 is 0 Å². The zero-order chi connectivity index (χ0) is 14.8. The van der Waals surface area contributed by atoms with Gasteiger partial charge in [0.2, 0.25) is 0 Å². The topological polar surface area (TPSA) is 26.3 Å². The van der Waals surface area contributed by atoms with Gasteiger partial charge in [-0.25, -0.2) is 0 Å². The van der Waals surface area contributed by atoms with Gasteiger partial charge < -0.3 is 4.74 Å². The molecule has 1 aromatic rings. The fourth-order valence-electron chi connectivity index (χ4n) is 1.76. The van der Waals surface area contributed by atoms with Gasteiger partial charge in [0.05, 0.1) is 13.0 Å². The standard InChI is InChI=1S/C18H24O2/c1-4-15(2)16(3)10-8-9-13-20-18(19)14-17-11-6-5-7-12-17/h4-8,10-12,15-16H,1,9,13-14H2,2-3H3/b10-8+. The van der Waals surface area contributed by atoms with E-state index < -0.39 is 0 Å². The molecule has 0 aromatic heterocycles. The Labute approximate surface area is 122 Å². The van der Waals surface area contributed by atoms with Gasteiger partial charge in [0, 0.05) is 0 Å². The second-order valence-corrected chi connectivity index (χ2v) is 5.05. The summed E-state index contributed by atoms with van der Waals surface area (Å²) >= 11 is 0. The molecule has 2 atom stereocenters. The lowest BCUT2D eigenvalue weighted by Gasteiger charge is -2.10. The number of carbonyl (C=O) groups is 1. The largest absolute Gasteiger partial charge is 0.465 e. The molecule has 0 aliphatic heterocycles. The molecule has 0 bridgehead atoms. The molecule has 2 unspecified atom stereocenters. The molecule has 0 radical (unpaired) electrons. The van der Waals surface area contributed by atoms with Crippen molar-refractivity contribution in [2.75, 3.05) is 6.61 Å². The van der Waals surface area contributed by atoms with E-state index in [0.717, 1.165) is 12.0 Å². The molecule has 0 saturated carbocycles. The van der Waals surface area contributed by atoms with Crippen LogP contribution in [-0.4, -0.2) is 12.6 Å². The second-order valence-electron chi connectivity index (χ2n) is 5.05. The number of hydrogen-bond donors (Lipinski definition) is 0. The van der Waals surface area contributed by atoms with Crippen molar-refractivity contribution >= 4 is 5.97 Å². The van der Waals surface area contributed by atoms with E-state index in [0.29, 0.717) is 24.9 Å². The van der Waals surface area contributed by atoms with Gasteiger partial charge in [-0.1, -0.05) is 62.4 Å². The minimum atomic E-state index is -0.169. The van der Waals surface area contributed by atoms with Crippen LogP contribution in [0.25, 0.3) is 0 Å². The summed E-state index contributed by atoms with van der Waals surface area (Å²) in [5.74, 6) is 0.761. The summed E-state index contributed by atoms with van der Waals surface area (Å²) in [6.07, 6.45) is 7.27. The van der Waals surface area contributed by atoms with Crippen LogP contribution in [0.5, 0.6) is 0 Å². The Morgan fingerprint density at radius 1 is 1.25 bits per heavy atom. The van der Waals surface area contributed by atoms with Crippen LogP contribution in [0, 0.1) is 11.8 Å². The van der Waals surface area contributed by atoms with Crippen molar-refractivity contribution in [2.24, 2.45) is 11.8 Å². The Balaban J connectivity index is 2.19. The molecule has 20 heavy (non-hydrogen) atoms. The van der Waals surface area contributed by atoms with Crippen LogP contribution in [0.4, 0.5) is 0 Å². The number of esters is 1. The molecule has 2 heteroatoms. The Bertz CT molecular complexity index is 434. The number of benzene rings is 1. The number of rotatable bonds is 8. The summed E-state index contributed by atoms with van der Waals surface area (Å²) in [4.78, 5) is 11.6. The van der Waals surface area contributed by atoms with E-state index in [1.807, 2.05) is 36.4 Å². The monoisotopic (exact) mass is 272 g/mol. The van der Waals surface area contributed by atoms with Crippen molar-refractivity contribution in [1.82, 2.24) is 0 Å². The van der Waals surface area contributed by atoms with Crippen LogP contribution < -0.4 is 0 Å². The lowest BCUT2D eigenvalue weighted by molar-refractivity contribution is -0.142. The quantitative estimate of drug-likeness (QED) is 0.403. The maximum absolute atomic E-state index is 11.6. The molecule has 2 nitrogen and oxygen atoms in total. The SMILES string of the molecule is C=CC(C)C(C)/C=C/CCOC(=O)Cc1ccccc1. The van der Waals surface area contributed by atoms with Crippen molar-refractivity contribution in [3.63, 3.8) is 0 Å². The van der Waals surface area contributed by atoms with Gasteiger partial charge >= 0.3 is 5.97 Å². The van der Waals surface area contributed by atoms with E-state index in [4.69, 9.17) is 4.74 Å². The van der Waals surface area contributed by atoms with Crippen LogP contribution in [0.1, 0.15) is 25.8 Å². The second kappa shape index (κ2) is 9.13. The third-order valence-corrected chi connectivity index (χ3v) is 3.38. The number of carbonyl (C=O) groups excluding carboxylic acids is 1. The molecular formula is C18H24O2. The van der Waals surface area contributed by atoms with E-state index in [2.05, 4.69) is 32.6 Å². The zero-order valence-electron chi connectivity index (χ0n) is 12.4. The Kier molecular flexibility index (Phi) is 7.41. The summed E-state index contributed by atoms with van der Waals surface area (Å²) in [6, 6.07) is 9.64. The fourth-order valence-corrected chi connectivity index (χ4v) is 1.76. The van der Waals surface area contributed by atoms with Gasteiger partial charge in [-0.15, -0.1) is 6.58 Å². The Morgan fingerprint density at radius 3 is 2.60 bits per heavy atom. The van der Waals surface area contributed by atoms with Gasteiger partial charge in [0.15, 0.2) is 0 Å². The number of ether oxygens (including phenoxy) is 1. The summed E-state index contributed by atoms with van der Waals surface area (Å²) in [6.45, 7) is 8.53. The van der Waals surface area contributed by atoms with Crippen LogP contribution in [0.15, 0.2) is 55.1 Å². The van der Waals surface area contributed by atoms with Crippen molar-refractivity contribution in [2.45, 2.75) is 26.7 Å². The van der Waals surface area contributed by atoms with E-state index in [9.17, 15) is 4.79 Å². The highest BCUT2D eigenvalue weighted by Gasteiger charge is 2.05. The van der Waals surface area contributed by atoms with Crippen LogP contribution in [0.3, 0.4) is 0 Å². The minimum absolute atomic E-state index is 0.169. The molecular weight excluding hydrogens is 248 g/mol. The van der Waals surface area contributed by atoms with Gasteiger partial charge in [0.1, 0.15) is 0 Å². The summed E-state index contributed by atoms with van der Waals surface area (Å²) in [7, 11) is 0. The average Bonchev–Trinajstić information content (AvgIpc) is 2.46. The molecule has 1 aromatic carbocycles. The lowest BCUT2D eigenvalue weighted by Crippen LogP contribution is -2.08. The Morgan fingerprint density at radius 2 is 1.95 bits per heavy atom. The molecule has 0 aliphatic carbocycles. The van der Waals surface area contributed by atoms with E-state index in [1.54, 1.807) is 0 Å². The molecule has 0 heterocycles. The lowest BCUT2D eigenvalue weighted by atomic mass is 9.96. The zero-order valence-corrected chi connectivity index (χ0v) is 12.4. The number of hydrogen-bond acceptors (Lipinski definition) is 2. The van der Waals surface area contributed by atoms with Crippen molar-refractivity contribution in [1.29, 1.82) is 0 Å². The highest BCUT2D eigenvalue weighted by Crippen LogP contribution is 2.13. The van der Waals surface area contributed by atoms with Crippen molar-refractivity contribution < 1.29 is 9.53 Å². The van der Waals surface area contributed by atoms with Crippen LogP contribution in [0.2, 0.25) is 0 Å². The number of allylic oxidation sites excluding steroid dienone is 2. The summed E-state index contributed by atoms with van der Waals surface area (Å²) in [5.41, 5.74) is 0.987. The molecule has 1 rings (SSSR count). The highest BCUT2D eigenvalue weighted by molar-refractivity contribution is 5.72. The molecule has 0 amide bonds. The molecule has 108 valence electrons. The highest BCUT2D eigenvalue weighted by atomic mass is 16.5. The average molecular weight is 272 g/mol. The van der Waals surface area contributed by atoms with Gasteiger partial charge in [-0.05, 0) is 23.8 Å². The molecule has 0 saturated heterocycles. The molecule has 0 aliphatic rings. The minimum Gasteiger partial charge on any atom is -0.465 e. The van der Waals surface area contributed by atoms with E-state index in [1.165, 1.54) is 0 Å². The first-order valence-corrected chi connectivity index (χ1v) is 7.12. The first-order valence-electron chi connectivity index (χ1n) is 7.12. The maximum atomic E-state index is 11.6. The first kappa shape index (κ1) is 16.2. The third-order valence-electron chi connectivity index (χ3n) is 3.38. The van der Waals surface area contributed by atoms with Crippen molar-refractivity contribution in [3.8, 4) is 0 Å². The Hall–Kier alpha value is -1.83. The maximum Gasteiger partial charge on any atom is 0.310 e. The predicted molar refractivity (Wildman–Crippen MR) is 83.4 cm³/mol. The van der Waals surface area contributed by atoms with Crippen LogP contribution in [-0.2, 0) is 16.0 Å². The first-order chi connectivity index (χ1) is 9.63. The summed E-state index contributed by atoms with van der Waals surface area (Å²) < 4.78 is 5.20. The molecule has 0 N–H and O–H groups in total. The van der Waals surface area contributed by atoms with Crippen molar-refractivity contribution in [3.05, 3.63) is 60.7 Å².